The third-order valence-electron chi connectivity index (χ3n) is 6.55. The Kier molecular flexibility index (Phi) is 6.67. The van der Waals surface area contributed by atoms with Crippen LogP contribution in [0.15, 0.2) is 47.5 Å². The number of aryl methyl sites for hydroxylation is 1. The van der Waals surface area contributed by atoms with Gasteiger partial charge in [-0.2, -0.15) is 4.99 Å². The molecule has 1 atom stereocenters. The SMILES string of the molecule is O=C(CC1SC(N2CCCC2)=NC1=O)Nc1ccc(C(=O)Nc2cccc3c2CCCC3)cc1. The maximum atomic E-state index is 12.8. The molecule has 5 rings (SSSR count). The summed E-state index contributed by atoms with van der Waals surface area (Å²) < 4.78 is 0. The third kappa shape index (κ3) is 5.01. The van der Waals surface area contributed by atoms with E-state index in [1.807, 2.05) is 12.1 Å². The molecular formula is C26H28N4O3S. The van der Waals surface area contributed by atoms with Crippen LogP contribution in [-0.4, -0.2) is 46.1 Å². The Morgan fingerprint density at radius 2 is 1.74 bits per heavy atom. The second kappa shape index (κ2) is 10.0. The van der Waals surface area contributed by atoms with E-state index < -0.39 is 5.25 Å². The molecule has 2 aliphatic heterocycles. The quantitative estimate of drug-likeness (QED) is 0.674. The Morgan fingerprint density at radius 3 is 2.53 bits per heavy atom. The van der Waals surface area contributed by atoms with Gasteiger partial charge >= 0.3 is 0 Å². The summed E-state index contributed by atoms with van der Waals surface area (Å²) in [7, 11) is 0. The van der Waals surface area contributed by atoms with E-state index >= 15 is 0 Å². The Hall–Kier alpha value is -3.13. The molecule has 0 saturated carbocycles. The number of fused-ring (bicyclic) bond motifs is 1. The van der Waals surface area contributed by atoms with Crippen LogP contribution in [0.25, 0.3) is 0 Å². The van der Waals surface area contributed by atoms with Crippen molar-refractivity contribution in [2.24, 2.45) is 4.99 Å². The van der Waals surface area contributed by atoms with Crippen LogP contribution in [0.5, 0.6) is 0 Å². The standard InChI is InChI=1S/C26H28N4O3S/c31-23(16-22-25(33)29-26(34-22)30-14-3-4-15-30)27-19-12-10-18(11-13-19)24(32)28-21-9-5-7-17-6-1-2-8-20(17)21/h5,7,9-13,22H,1-4,6,8,14-16H2,(H,27,31)(H,28,32). The van der Waals surface area contributed by atoms with Gasteiger partial charge in [-0.25, -0.2) is 0 Å². The van der Waals surface area contributed by atoms with Crippen LogP contribution in [0.4, 0.5) is 11.4 Å². The number of likely N-dealkylation sites (tertiary alicyclic amines) is 1. The van der Waals surface area contributed by atoms with Crippen LogP contribution in [0, 0.1) is 0 Å². The van der Waals surface area contributed by atoms with Crippen LogP contribution in [-0.2, 0) is 22.4 Å². The minimum atomic E-state index is -0.475. The number of nitrogens with zero attached hydrogens (tertiary/aromatic N) is 2. The molecule has 2 aromatic carbocycles. The van der Waals surface area contributed by atoms with E-state index in [9.17, 15) is 14.4 Å². The molecule has 2 N–H and O–H groups in total. The number of thioether (sulfide) groups is 1. The minimum absolute atomic E-state index is 0.0751. The largest absolute Gasteiger partial charge is 0.351 e. The number of aliphatic imine (C=N–C) groups is 1. The van der Waals surface area contributed by atoms with Crippen LogP contribution >= 0.6 is 11.8 Å². The van der Waals surface area contributed by atoms with Crippen molar-refractivity contribution in [1.82, 2.24) is 4.90 Å². The summed E-state index contributed by atoms with van der Waals surface area (Å²) >= 11 is 1.38. The second-order valence-corrected chi connectivity index (χ2v) is 10.1. The van der Waals surface area contributed by atoms with Crippen molar-refractivity contribution >= 4 is 46.0 Å². The smallest absolute Gasteiger partial charge is 0.262 e. The van der Waals surface area contributed by atoms with Crippen molar-refractivity contribution in [1.29, 1.82) is 0 Å². The van der Waals surface area contributed by atoms with Gasteiger partial charge in [-0.1, -0.05) is 23.9 Å². The molecule has 1 saturated heterocycles. The van der Waals surface area contributed by atoms with Crippen molar-refractivity contribution in [3.05, 3.63) is 59.2 Å². The Bertz CT molecular complexity index is 1140. The Labute approximate surface area is 203 Å². The van der Waals surface area contributed by atoms with E-state index in [1.54, 1.807) is 24.3 Å². The molecule has 34 heavy (non-hydrogen) atoms. The van der Waals surface area contributed by atoms with Gasteiger partial charge in [-0.05, 0) is 80.0 Å². The predicted octanol–water partition coefficient (Wildman–Crippen LogP) is 4.24. The molecule has 7 nitrogen and oxygen atoms in total. The first-order chi connectivity index (χ1) is 16.6. The van der Waals surface area contributed by atoms with Gasteiger partial charge in [0.05, 0.1) is 0 Å². The lowest BCUT2D eigenvalue weighted by Crippen LogP contribution is -2.25. The number of amides is 3. The fraction of sp³-hybridized carbons (Fsp3) is 0.385. The zero-order chi connectivity index (χ0) is 23.5. The number of nitrogens with one attached hydrogen (secondary N) is 2. The molecule has 0 radical (unpaired) electrons. The number of hydrogen-bond acceptors (Lipinski definition) is 5. The van der Waals surface area contributed by atoms with E-state index in [4.69, 9.17) is 0 Å². The van der Waals surface area contributed by atoms with Gasteiger partial charge in [0, 0.05) is 36.4 Å². The molecule has 2 aromatic rings. The van der Waals surface area contributed by atoms with E-state index in [0.29, 0.717) is 11.3 Å². The highest BCUT2D eigenvalue weighted by molar-refractivity contribution is 8.15. The highest BCUT2D eigenvalue weighted by Crippen LogP contribution is 2.30. The average molecular weight is 477 g/mol. The lowest BCUT2D eigenvalue weighted by atomic mass is 9.90. The van der Waals surface area contributed by atoms with Gasteiger partial charge < -0.3 is 15.5 Å². The summed E-state index contributed by atoms with van der Waals surface area (Å²) in [6.07, 6.45) is 6.68. The zero-order valence-corrected chi connectivity index (χ0v) is 19.8. The number of rotatable bonds is 5. The van der Waals surface area contributed by atoms with Crippen LogP contribution in [0.2, 0.25) is 0 Å². The molecule has 8 heteroatoms. The van der Waals surface area contributed by atoms with Crippen molar-refractivity contribution < 1.29 is 14.4 Å². The first-order valence-electron chi connectivity index (χ1n) is 11.9. The van der Waals surface area contributed by atoms with E-state index in [2.05, 4.69) is 26.6 Å². The topological polar surface area (TPSA) is 90.9 Å². The van der Waals surface area contributed by atoms with E-state index in [-0.39, 0.29) is 24.1 Å². The van der Waals surface area contributed by atoms with Gasteiger partial charge in [0.2, 0.25) is 5.91 Å². The maximum Gasteiger partial charge on any atom is 0.262 e. The van der Waals surface area contributed by atoms with Gasteiger partial charge in [-0.15, -0.1) is 0 Å². The summed E-state index contributed by atoms with van der Waals surface area (Å²) in [5.74, 6) is -0.648. The molecule has 1 unspecified atom stereocenters. The molecule has 0 bridgehead atoms. The molecule has 176 valence electrons. The van der Waals surface area contributed by atoms with Gasteiger partial charge in [-0.3, -0.25) is 14.4 Å². The second-order valence-electron chi connectivity index (χ2n) is 8.97. The average Bonchev–Trinajstić information content (AvgIpc) is 3.50. The van der Waals surface area contributed by atoms with Crippen LogP contribution in [0.3, 0.4) is 0 Å². The highest BCUT2D eigenvalue weighted by atomic mass is 32.2. The van der Waals surface area contributed by atoms with Crippen molar-refractivity contribution in [3.8, 4) is 0 Å². The summed E-state index contributed by atoms with van der Waals surface area (Å²) in [5.41, 5.74) is 4.56. The first-order valence-corrected chi connectivity index (χ1v) is 12.8. The predicted molar refractivity (Wildman–Crippen MR) is 135 cm³/mol. The minimum Gasteiger partial charge on any atom is -0.351 e. The zero-order valence-electron chi connectivity index (χ0n) is 19.0. The number of carbonyl (C=O) groups excluding carboxylic acids is 3. The number of anilines is 2. The lowest BCUT2D eigenvalue weighted by molar-refractivity contribution is -0.121. The van der Waals surface area contributed by atoms with Crippen molar-refractivity contribution in [2.45, 2.75) is 50.2 Å². The first kappa shape index (κ1) is 22.7. The summed E-state index contributed by atoms with van der Waals surface area (Å²) in [5, 5.41) is 6.14. The number of amidine groups is 1. The molecule has 3 amide bonds. The number of hydrogen-bond donors (Lipinski definition) is 2. The van der Waals surface area contributed by atoms with Crippen molar-refractivity contribution in [2.75, 3.05) is 23.7 Å². The van der Waals surface area contributed by atoms with Gasteiger partial charge in [0.25, 0.3) is 11.8 Å². The Balaban J connectivity index is 1.15. The maximum absolute atomic E-state index is 12.8. The number of carbonyl (C=O) groups is 3. The van der Waals surface area contributed by atoms with Crippen molar-refractivity contribution in [3.63, 3.8) is 0 Å². The summed E-state index contributed by atoms with van der Waals surface area (Å²) in [4.78, 5) is 43.8. The monoisotopic (exact) mass is 476 g/mol. The summed E-state index contributed by atoms with van der Waals surface area (Å²) in [6.45, 7) is 1.84. The molecular weight excluding hydrogens is 448 g/mol. The molecule has 1 aliphatic carbocycles. The van der Waals surface area contributed by atoms with Gasteiger partial charge in [0.15, 0.2) is 5.17 Å². The van der Waals surface area contributed by atoms with E-state index in [1.165, 1.54) is 29.3 Å². The molecule has 1 fully saturated rings. The summed E-state index contributed by atoms with van der Waals surface area (Å²) in [6, 6.07) is 12.9. The van der Waals surface area contributed by atoms with Gasteiger partial charge in [0.1, 0.15) is 5.25 Å². The fourth-order valence-corrected chi connectivity index (χ4v) is 5.85. The van der Waals surface area contributed by atoms with Crippen LogP contribution < -0.4 is 10.6 Å². The fourth-order valence-electron chi connectivity index (χ4n) is 4.73. The van der Waals surface area contributed by atoms with E-state index in [0.717, 1.165) is 56.0 Å². The Morgan fingerprint density at radius 1 is 0.971 bits per heavy atom. The molecule has 0 aromatic heterocycles. The normalized spacial score (nSPS) is 19.5. The molecule has 2 heterocycles. The molecule has 3 aliphatic rings. The van der Waals surface area contributed by atoms with Crippen LogP contribution in [0.1, 0.15) is 53.6 Å². The molecule has 0 spiro atoms. The lowest BCUT2D eigenvalue weighted by Gasteiger charge is -2.19. The highest BCUT2D eigenvalue weighted by Gasteiger charge is 2.33. The third-order valence-corrected chi connectivity index (χ3v) is 7.76. The number of benzene rings is 2.